The fraction of sp³-hybridized carbons (Fsp3) is 0.900. The van der Waals surface area contributed by atoms with Crippen LogP contribution in [0.15, 0.2) is 0 Å². The van der Waals surface area contributed by atoms with Crippen LogP contribution in [0.2, 0.25) is 0 Å². The summed E-state index contributed by atoms with van der Waals surface area (Å²) in [6, 6.07) is 0. The molecule has 7 heteroatoms. The van der Waals surface area contributed by atoms with Gasteiger partial charge in [-0.15, -0.1) is 0 Å². The van der Waals surface area contributed by atoms with Gasteiger partial charge in [0.15, 0.2) is 0 Å². The molecule has 0 bridgehead atoms. The van der Waals surface area contributed by atoms with Crippen LogP contribution < -0.4 is 15.8 Å². The molecule has 17 heavy (non-hydrogen) atoms. The molecule has 0 radical (unpaired) electrons. The van der Waals surface area contributed by atoms with Crippen molar-refractivity contribution >= 4 is 15.9 Å². The van der Waals surface area contributed by atoms with Crippen molar-refractivity contribution in [3.05, 3.63) is 0 Å². The van der Waals surface area contributed by atoms with Crippen LogP contribution in [-0.4, -0.2) is 39.2 Å². The molecule has 1 fully saturated rings. The van der Waals surface area contributed by atoms with E-state index in [0.29, 0.717) is 6.54 Å². The van der Waals surface area contributed by atoms with Crippen molar-refractivity contribution in [1.29, 1.82) is 0 Å². The number of sulfonamides is 1. The van der Waals surface area contributed by atoms with Gasteiger partial charge in [-0.3, -0.25) is 4.79 Å². The van der Waals surface area contributed by atoms with Crippen molar-refractivity contribution in [2.45, 2.75) is 32.2 Å². The Morgan fingerprint density at radius 3 is 2.29 bits per heavy atom. The zero-order valence-corrected chi connectivity index (χ0v) is 11.4. The molecular weight excluding hydrogens is 242 g/mol. The van der Waals surface area contributed by atoms with Crippen LogP contribution in [0, 0.1) is 5.41 Å². The van der Waals surface area contributed by atoms with E-state index in [0.717, 1.165) is 19.1 Å². The van der Waals surface area contributed by atoms with Gasteiger partial charge in [0, 0.05) is 18.6 Å². The SMILES string of the molecule is CC(C)(CNC(=O)C1(CN)CC1)NS(C)(=O)=O. The van der Waals surface area contributed by atoms with E-state index in [-0.39, 0.29) is 12.5 Å². The van der Waals surface area contributed by atoms with Gasteiger partial charge >= 0.3 is 0 Å². The lowest BCUT2D eigenvalue weighted by Gasteiger charge is -2.26. The molecule has 0 heterocycles. The third-order valence-electron chi connectivity index (χ3n) is 2.88. The molecule has 0 unspecified atom stereocenters. The topological polar surface area (TPSA) is 101 Å². The summed E-state index contributed by atoms with van der Waals surface area (Å²) < 4.78 is 24.7. The highest BCUT2D eigenvalue weighted by atomic mass is 32.2. The van der Waals surface area contributed by atoms with Crippen LogP contribution in [-0.2, 0) is 14.8 Å². The summed E-state index contributed by atoms with van der Waals surface area (Å²) in [5.41, 5.74) is 4.44. The zero-order chi connectivity index (χ0) is 13.3. The second kappa shape index (κ2) is 4.55. The standard InChI is InChI=1S/C10H21N3O3S/c1-9(2,13-17(3,15)16)7-12-8(14)10(6-11)4-5-10/h13H,4-7,11H2,1-3H3,(H,12,14). The second-order valence-electron chi connectivity index (χ2n) is 5.43. The largest absolute Gasteiger partial charge is 0.354 e. The molecule has 1 rings (SSSR count). The summed E-state index contributed by atoms with van der Waals surface area (Å²) in [5.74, 6) is -0.0802. The zero-order valence-electron chi connectivity index (χ0n) is 10.5. The predicted molar refractivity (Wildman–Crippen MR) is 65.8 cm³/mol. The molecule has 0 saturated heterocycles. The van der Waals surface area contributed by atoms with E-state index in [9.17, 15) is 13.2 Å². The summed E-state index contributed by atoms with van der Waals surface area (Å²) in [7, 11) is -3.28. The Balaban J connectivity index is 2.47. The first-order chi connectivity index (χ1) is 7.60. The molecule has 0 atom stereocenters. The number of carbonyl (C=O) groups is 1. The molecule has 0 spiro atoms. The Morgan fingerprint density at radius 1 is 1.41 bits per heavy atom. The minimum Gasteiger partial charge on any atom is -0.354 e. The summed E-state index contributed by atoms with van der Waals surface area (Å²) in [4.78, 5) is 11.8. The molecule has 0 aliphatic heterocycles. The Labute approximate surface area is 102 Å². The molecule has 0 aromatic heterocycles. The van der Waals surface area contributed by atoms with E-state index in [1.54, 1.807) is 13.8 Å². The summed E-state index contributed by atoms with van der Waals surface area (Å²) in [6.45, 7) is 4.03. The molecule has 100 valence electrons. The van der Waals surface area contributed by atoms with Crippen molar-refractivity contribution in [2.75, 3.05) is 19.3 Å². The van der Waals surface area contributed by atoms with E-state index in [1.165, 1.54) is 0 Å². The van der Waals surface area contributed by atoms with E-state index in [2.05, 4.69) is 10.0 Å². The Morgan fingerprint density at radius 2 is 1.94 bits per heavy atom. The third kappa shape index (κ3) is 4.25. The average Bonchev–Trinajstić information content (AvgIpc) is 2.91. The van der Waals surface area contributed by atoms with Gasteiger partial charge < -0.3 is 11.1 Å². The minimum absolute atomic E-state index is 0.0802. The fourth-order valence-corrected chi connectivity index (χ4v) is 2.78. The summed E-state index contributed by atoms with van der Waals surface area (Å²) in [5, 5.41) is 2.75. The van der Waals surface area contributed by atoms with Gasteiger partial charge in [-0.05, 0) is 26.7 Å². The van der Waals surface area contributed by atoms with Crippen LogP contribution in [0.5, 0.6) is 0 Å². The number of nitrogens with two attached hydrogens (primary N) is 1. The maximum atomic E-state index is 11.8. The van der Waals surface area contributed by atoms with Crippen LogP contribution in [0.3, 0.4) is 0 Å². The van der Waals surface area contributed by atoms with Crippen LogP contribution in [0.25, 0.3) is 0 Å². The lowest BCUT2D eigenvalue weighted by atomic mass is 10.0. The number of hydrogen-bond donors (Lipinski definition) is 3. The minimum atomic E-state index is -3.28. The lowest BCUT2D eigenvalue weighted by Crippen LogP contribution is -2.52. The number of nitrogens with one attached hydrogen (secondary N) is 2. The fourth-order valence-electron chi connectivity index (χ4n) is 1.70. The first-order valence-electron chi connectivity index (χ1n) is 5.58. The number of amides is 1. The molecule has 1 saturated carbocycles. The van der Waals surface area contributed by atoms with Gasteiger partial charge in [0.1, 0.15) is 0 Å². The first-order valence-corrected chi connectivity index (χ1v) is 7.47. The van der Waals surface area contributed by atoms with Gasteiger partial charge in [0.2, 0.25) is 15.9 Å². The Kier molecular flexibility index (Phi) is 3.85. The summed E-state index contributed by atoms with van der Waals surface area (Å²) >= 11 is 0. The molecule has 0 aromatic carbocycles. The van der Waals surface area contributed by atoms with Crippen LogP contribution in [0.1, 0.15) is 26.7 Å². The van der Waals surface area contributed by atoms with Gasteiger partial charge in [-0.1, -0.05) is 0 Å². The monoisotopic (exact) mass is 263 g/mol. The van der Waals surface area contributed by atoms with E-state index >= 15 is 0 Å². The smallest absolute Gasteiger partial charge is 0.227 e. The highest BCUT2D eigenvalue weighted by molar-refractivity contribution is 7.88. The maximum absolute atomic E-state index is 11.8. The van der Waals surface area contributed by atoms with Gasteiger partial charge in [-0.25, -0.2) is 13.1 Å². The van der Waals surface area contributed by atoms with Crippen LogP contribution >= 0.6 is 0 Å². The maximum Gasteiger partial charge on any atom is 0.227 e. The highest BCUT2D eigenvalue weighted by Crippen LogP contribution is 2.44. The van der Waals surface area contributed by atoms with E-state index < -0.39 is 21.0 Å². The van der Waals surface area contributed by atoms with E-state index in [4.69, 9.17) is 5.73 Å². The molecule has 1 aliphatic rings. The van der Waals surface area contributed by atoms with Gasteiger partial charge in [0.25, 0.3) is 0 Å². The normalized spacial score (nSPS) is 18.8. The van der Waals surface area contributed by atoms with Gasteiger partial charge in [-0.2, -0.15) is 0 Å². The molecule has 1 amide bonds. The van der Waals surface area contributed by atoms with Gasteiger partial charge in [0.05, 0.1) is 11.7 Å². The van der Waals surface area contributed by atoms with Crippen molar-refractivity contribution in [2.24, 2.45) is 11.1 Å². The number of rotatable bonds is 6. The number of carbonyl (C=O) groups excluding carboxylic acids is 1. The molecule has 0 aromatic rings. The Bertz CT molecular complexity index is 399. The third-order valence-corrected chi connectivity index (χ3v) is 3.80. The lowest BCUT2D eigenvalue weighted by molar-refractivity contribution is -0.126. The van der Waals surface area contributed by atoms with Crippen molar-refractivity contribution < 1.29 is 13.2 Å². The van der Waals surface area contributed by atoms with Crippen molar-refractivity contribution in [3.8, 4) is 0 Å². The molecule has 6 nitrogen and oxygen atoms in total. The second-order valence-corrected chi connectivity index (χ2v) is 7.17. The van der Waals surface area contributed by atoms with E-state index in [1.807, 2.05) is 0 Å². The summed E-state index contributed by atoms with van der Waals surface area (Å²) in [6.07, 6.45) is 2.73. The molecular formula is C10H21N3O3S. The predicted octanol–water partition coefficient (Wildman–Crippen LogP) is -0.831. The molecule has 4 N–H and O–H groups in total. The Hall–Kier alpha value is -0.660. The number of hydrogen-bond acceptors (Lipinski definition) is 4. The first kappa shape index (κ1) is 14.4. The van der Waals surface area contributed by atoms with Crippen LogP contribution in [0.4, 0.5) is 0 Å². The highest BCUT2D eigenvalue weighted by Gasteiger charge is 2.48. The average molecular weight is 263 g/mol. The van der Waals surface area contributed by atoms with Crippen molar-refractivity contribution in [1.82, 2.24) is 10.0 Å². The molecule has 1 aliphatic carbocycles. The quantitative estimate of drug-likeness (QED) is 0.582. The van der Waals surface area contributed by atoms with Crippen molar-refractivity contribution in [3.63, 3.8) is 0 Å².